The summed E-state index contributed by atoms with van der Waals surface area (Å²) < 4.78 is 16.1. The van der Waals surface area contributed by atoms with Gasteiger partial charge in [0, 0.05) is 11.6 Å². The van der Waals surface area contributed by atoms with Gasteiger partial charge in [0.15, 0.2) is 0 Å². The Kier molecular flexibility index (Phi) is 5.92. The van der Waals surface area contributed by atoms with E-state index in [9.17, 15) is 14.4 Å². The highest BCUT2D eigenvalue weighted by molar-refractivity contribution is 5.71. The molecule has 8 heteroatoms. The van der Waals surface area contributed by atoms with E-state index in [1.54, 1.807) is 65.8 Å². The van der Waals surface area contributed by atoms with Crippen molar-refractivity contribution in [2.45, 2.75) is 52.7 Å². The van der Waals surface area contributed by atoms with E-state index in [0.717, 1.165) is 0 Å². The smallest absolute Gasteiger partial charge is 0.442 e. The summed E-state index contributed by atoms with van der Waals surface area (Å²) in [6, 6.07) is 9.13. The molecule has 2 aromatic rings. The van der Waals surface area contributed by atoms with Crippen molar-refractivity contribution in [1.29, 1.82) is 0 Å². The fourth-order valence-electron chi connectivity index (χ4n) is 2.06. The molecule has 0 saturated heterocycles. The van der Waals surface area contributed by atoms with Gasteiger partial charge in [-0.3, -0.25) is 4.79 Å². The third-order valence-corrected chi connectivity index (χ3v) is 3.11. The normalized spacial score (nSPS) is 11.6. The zero-order valence-corrected chi connectivity index (χ0v) is 16.8. The van der Waals surface area contributed by atoms with Crippen LogP contribution in [-0.2, 0) is 9.47 Å². The number of carbonyl (C=O) groups is 2. The van der Waals surface area contributed by atoms with Crippen molar-refractivity contribution in [3.8, 4) is 17.0 Å². The number of aromatic nitrogens is 2. The number of nitrogens with zero attached hydrogens (tertiary/aromatic N) is 2. The molecule has 0 bridgehead atoms. The molecule has 0 saturated carbocycles. The minimum atomic E-state index is -0.857. The maximum absolute atomic E-state index is 12.2. The van der Waals surface area contributed by atoms with Crippen LogP contribution in [0.2, 0.25) is 0 Å². The molecule has 0 unspecified atom stereocenters. The number of hydrogen-bond acceptors (Lipinski definition) is 7. The molecule has 0 radical (unpaired) electrons. The number of carbonyl (C=O) groups excluding carboxylic acids is 2. The van der Waals surface area contributed by atoms with E-state index >= 15 is 0 Å². The van der Waals surface area contributed by atoms with Crippen LogP contribution in [0.15, 0.2) is 41.2 Å². The molecule has 1 aromatic heterocycles. The highest BCUT2D eigenvalue weighted by atomic mass is 16.7. The molecule has 28 heavy (non-hydrogen) atoms. The second-order valence-corrected chi connectivity index (χ2v) is 8.04. The van der Waals surface area contributed by atoms with Crippen molar-refractivity contribution < 1.29 is 23.8 Å². The summed E-state index contributed by atoms with van der Waals surface area (Å²) in [5, 5.41) is 4.06. The van der Waals surface area contributed by atoms with Crippen molar-refractivity contribution in [2.24, 2.45) is 0 Å². The predicted octanol–water partition coefficient (Wildman–Crippen LogP) is 4.01. The van der Waals surface area contributed by atoms with E-state index in [1.807, 2.05) is 0 Å². The molecule has 150 valence electrons. The first kappa shape index (κ1) is 21.1. The standard InChI is InChI=1S/C20H24N2O6/c1-19(2,3)27-17(24)22-16(23)12-11-15(21-22)13-7-9-14(10-8-13)26-18(25)28-20(4,5)6/h7-12H,1-6H3. The molecule has 1 heterocycles. The molecule has 0 aliphatic rings. The van der Waals surface area contributed by atoms with Crippen molar-refractivity contribution in [1.82, 2.24) is 9.78 Å². The van der Waals surface area contributed by atoms with Crippen LogP contribution >= 0.6 is 0 Å². The highest BCUT2D eigenvalue weighted by Crippen LogP contribution is 2.21. The second kappa shape index (κ2) is 7.84. The van der Waals surface area contributed by atoms with Gasteiger partial charge in [-0.1, -0.05) is 0 Å². The molecule has 0 aliphatic heterocycles. The Morgan fingerprint density at radius 1 is 0.857 bits per heavy atom. The largest absolute Gasteiger partial charge is 0.514 e. The van der Waals surface area contributed by atoms with Gasteiger partial charge < -0.3 is 14.2 Å². The molecule has 2 rings (SSSR count). The minimum absolute atomic E-state index is 0.290. The van der Waals surface area contributed by atoms with Crippen molar-refractivity contribution in [3.05, 3.63) is 46.8 Å². The Hall–Kier alpha value is -3.16. The van der Waals surface area contributed by atoms with Crippen molar-refractivity contribution in [2.75, 3.05) is 0 Å². The summed E-state index contributed by atoms with van der Waals surface area (Å²) in [5.74, 6) is 0.290. The molecule has 0 fully saturated rings. The SMILES string of the molecule is CC(C)(C)OC(=O)Oc1ccc(-c2ccc(=O)n(C(=O)OC(C)(C)C)n2)cc1. The van der Waals surface area contributed by atoms with Crippen LogP contribution in [-0.4, -0.2) is 33.2 Å². The third-order valence-electron chi connectivity index (χ3n) is 3.11. The van der Waals surface area contributed by atoms with E-state index in [1.165, 1.54) is 12.1 Å². The third kappa shape index (κ3) is 6.22. The number of benzene rings is 1. The molecule has 0 spiro atoms. The van der Waals surface area contributed by atoms with E-state index < -0.39 is 29.0 Å². The van der Waals surface area contributed by atoms with Crippen LogP contribution in [0.3, 0.4) is 0 Å². The topological polar surface area (TPSA) is 96.7 Å². The van der Waals surface area contributed by atoms with Gasteiger partial charge in [-0.2, -0.15) is 5.10 Å². The lowest BCUT2D eigenvalue weighted by Crippen LogP contribution is -2.35. The van der Waals surface area contributed by atoms with Gasteiger partial charge in [0.25, 0.3) is 5.56 Å². The summed E-state index contributed by atoms with van der Waals surface area (Å²) in [4.78, 5) is 35.8. The monoisotopic (exact) mass is 388 g/mol. The van der Waals surface area contributed by atoms with Crippen LogP contribution in [0.4, 0.5) is 9.59 Å². The summed E-state index contributed by atoms with van der Waals surface area (Å²) in [6.07, 6.45) is -1.67. The van der Waals surface area contributed by atoms with Gasteiger partial charge in [0.05, 0.1) is 5.69 Å². The summed E-state index contributed by atoms with van der Waals surface area (Å²) in [7, 11) is 0. The van der Waals surface area contributed by atoms with Gasteiger partial charge in [-0.15, -0.1) is 4.68 Å². The van der Waals surface area contributed by atoms with Gasteiger partial charge in [0.1, 0.15) is 17.0 Å². The van der Waals surface area contributed by atoms with Gasteiger partial charge in [-0.05, 0) is 71.9 Å². The minimum Gasteiger partial charge on any atom is -0.442 e. The number of hydrogen-bond donors (Lipinski definition) is 0. The van der Waals surface area contributed by atoms with Crippen LogP contribution in [0, 0.1) is 0 Å². The lowest BCUT2D eigenvalue weighted by molar-refractivity contribution is 0.0206. The molecule has 8 nitrogen and oxygen atoms in total. The maximum atomic E-state index is 12.2. The Balaban J connectivity index is 2.20. The van der Waals surface area contributed by atoms with Crippen LogP contribution in [0.25, 0.3) is 11.3 Å². The lowest BCUT2D eigenvalue weighted by Gasteiger charge is -2.19. The van der Waals surface area contributed by atoms with E-state index in [0.29, 0.717) is 21.7 Å². The molecule has 1 aromatic carbocycles. The Labute approximate surface area is 163 Å². The zero-order valence-electron chi connectivity index (χ0n) is 16.8. The lowest BCUT2D eigenvalue weighted by atomic mass is 10.1. The Morgan fingerprint density at radius 3 is 1.96 bits per heavy atom. The van der Waals surface area contributed by atoms with Gasteiger partial charge in [0.2, 0.25) is 0 Å². The summed E-state index contributed by atoms with van der Waals surface area (Å²) in [5.41, 5.74) is -1.00. The summed E-state index contributed by atoms with van der Waals surface area (Å²) in [6.45, 7) is 10.3. The first-order chi connectivity index (χ1) is 12.8. The Bertz CT molecular complexity index is 917. The average Bonchev–Trinajstić information content (AvgIpc) is 2.52. The highest BCUT2D eigenvalue weighted by Gasteiger charge is 2.20. The van der Waals surface area contributed by atoms with E-state index in [-0.39, 0.29) is 0 Å². The number of rotatable bonds is 2. The second-order valence-electron chi connectivity index (χ2n) is 8.04. The molecule has 0 aliphatic carbocycles. The Morgan fingerprint density at radius 2 is 1.43 bits per heavy atom. The maximum Gasteiger partial charge on any atom is 0.514 e. The molecule has 0 amide bonds. The van der Waals surface area contributed by atoms with E-state index in [4.69, 9.17) is 14.2 Å². The zero-order chi connectivity index (χ0) is 21.1. The van der Waals surface area contributed by atoms with Crippen molar-refractivity contribution >= 4 is 12.2 Å². The molecular weight excluding hydrogens is 364 g/mol. The van der Waals surface area contributed by atoms with Crippen LogP contribution in [0.5, 0.6) is 5.75 Å². The first-order valence-corrected chi connectivity index (χ1v) is 8.69. The molecule has 0 N–H and O–H groups in total. The fourth-order valence-corrected chi connectivity index (χ4v) is 2.06. The van der Waals surface area contributed by atoms with Gasteiger partial charge >= 0.3 is 12.2 Å². The number of ether oxygens (including phenoxy) is 3. The van der Waals surface area contributed by atoms with Crippen LogP contribution < -0.4 is 10.3 Å². The summed E-state index contributed by atoms with van der Waals surface area (Å²) >= 11 is 0. The van der Waals surface area contributed by atoms with Gasteiger partial charge in [-0.25, -0.2) is 9.59 Å². The average molecular weight is 388 g/mol. The molecule has 0 atom stereocenters. The first-order valence-electron chi connectivity index (χ1n) is 8.69. The fraction of sp³-hybridized carbons (Fsp3) is 0.400. The molecular formula is C20H24N2O6. The van der Waals surface area contributed by atoms with E-state index in [2.05, 4.69) is 5.10 Å². The predicted molar refractivity (Wildman–Crippen MR) is 102 cm³/mol. The van der Waals surface area contributed by atoms with Crippen molar-refractivity contribution in [3.63, 3.8) is 0 Å². The quantitative estimate of drug-likeness (QED) is 0.566. The van der Waals surface area contributed by atoms with Crippen LogP contribution in [0.1, 0.15) is 41.5 Å².